The van der Waals surface area contributed by atoms with E-state index in [1.54, 1.807) is 0 Å². The van der Waals surface area contributed by atoms with Crippen LogP contribution >= 0.6 is 0 Å². The van der Waals surface area contributed by atoms with Crippen LogP contribution in [0.5, 0.6) is 0 Å². The number of nitrogens with zero attached hydrogens (tertiary/aromatic N) is 3. The Morgan fingerprint density at radius 1 is 1.25 bits per heavy atom. The zero-order valence-electron chi connectivity index (χ0n) is 18.7. The van der Waals surface area contributed by atoms with Crippen LogP contribution in [0.15, 0.2) is 30.3 Å². The fraction of sp³-hybridized carbons (Fsp3) is 0.538. The zero-order valence-corrected chi connectivity index (χ0v) is 18.7. The molecule has 6 heteroatoms. The molecule has 3 fully saturated rings. The van der Waals surface area contributed by atoms with Gasteiger partial charge in [-0.15, -0.1) is 0 Å². The summed E-state index contributed by atoms with van der Waals surface area (Å²) in [7, 11) is 0. The van der Waals surface area contributed by atoms with Crippen LogP contribution in [0, 0.1) is 24.2 Å². The number of Topliss-reactive ketones (excluding diaryl/α,β-unsaturated/α-hetero) is 1. The van der Waals surface area contributed by atoms with Gasteiger partial charge >= 0.3 is 0 Å². The van der Waals surface area contributed by atoms with E-state index < -0.39 is 0 Å². The molecule has 168 valence electrons. The minimum absolute atomic E-state index is 0.133. The molecule has 0 aliphatic carbocycles. The van der Waals surface area contributed by atoms with Crippen molar-refractivity contribution in [2.45, 2.75) is 63.6 Å². The third-order valence-corrected chi connectivity index (χ3v) is 7.61. The van der Waals surface area contributed by atoms with Gasteiger partial charge in [0.15, 0.2) is 5.78 Å². The molecule has 4 heterocycles. The molecular formula is C26H31N3O3. The molecule has 1 N–H and O–H groups in total. The van der Waals surface area contributed by atoms with Crippen molar-refractivity contribution in [2.75, 3.05) is 19.8 Å². The van der Waals surface area contributed by atoms with Crippen LogP contribution < -0.4 is 0 Å². The molecule has 3 atom stereocenters. The quantitative estimate of drug-likeness (QED) is 0.646. The van der Waals surface area contributed by atoms with Crippen LogP contribution in [-0.2, 0) is 11.2 Å². The van der Waals surface area contributed by atoms with Gasteiger partial charge in [0, 0.05) is 40.6 Å². The molecule has 0 radical (unpaired) electrons. The lowest BCUT2D eigenvalue weighted by Crippen LogP contribution is -2.36. The summed E-state index contributed by atoms with van der Waals surface area (Å²) in [6, 6.07) is 12.3. The van der Waals surface area contributed by atoms with Crippen molar-refractivity contribution in [3.05, 3.63) is 52.8 Å². The largest absolute Gasteiger partial charge is 0.391 e. The van der Waals surface area contributed by atoms with Crippen molar-refractivity contribution in [1.29, 1.82) is 5.26 Å². The number of ether oxygens (including phenoxy) is 1. The summed E-state index contributed by atoms with van der Waals surface area (Å²) in [6.07, 6.45) is 5.66. The molecule has 3 aliphatic rings. The number of hydrogen-bond donors (Lipinski definition) is 1. The van der Waals surface area contributed by atoms with Crippen molar-refractivity contribution in [3.8, 4) is 11.8 Å². The summed E-state index contributed by atoms with van der Waals surface area (Å²) >= 11 is 0. The maximum Gasteiger partial charge on any atom is 0.178 e. The van der Waals surface area contributed by atoms with E-state index in [9.17, 15) is 9.90 Å². The number of carbonyl (C=O) groups excluding carboxylic acids is 1. The van der Waals surface area contributed by atoms with Gasteiger partial charge in [-0.1, -0.05) is 0 Å². The summed E-state index contributed by atoms with van der Waals surface area (Å²) in [6.45, 7) is 4.12. The van der Waals surface area contributed by atoms with Gasteiger partial charge in [-0.2, -0.15) is 5.26 Å². The predicted molar refractivity (Wildman–Crippen MR) is 121 cm³/mol. The van der Waals surface area contributed by atoms with Crippen molar-refractivity contribution in [2.24, 2.45) is 5.92 Å². The summed E-state index contributed by atoms with van der Waals surface area (Å²) in [5.74, 6) is 0.794. The van der Waals surface area contributed by atoms with Crippen molar-refractivity contribution in [1.82, 2.24) is 9.47 Å². The summed E-state index contributed by atoms with van der Waals surface area (Å²) in [5.41, 5.74) is 4.48. The zero-order chi connectivity index (χ0) is 22.2. The Morgan fingerprint density at radius 2 is 2.03 bits per heavy atom. The van der Waals surface area contributed by atoms with Gasteiger partial charge < -0.3 is 14.4 Å². The second-order valence-corrected chi connectivity index (χ2v) is 9.62. The minimum atomic E-state index is -0.294. The lowest BCUT2D eigenvalue weighted by molar-refractivity contribution is -0.0362. The molecule has 0 unspecified atom stereocenters. The molecule has 1 aromatic carbocycles. The Kier molecular flexibility index (Phi) is 5.90. The van der Waals surface area contributed by atoms with Crippen LogP contribution in [0.1, 0.15) is 59.4 Å². The maximum absolute atomic E-state index is 13.4. The predicted octanol–water partition coefficient (Wildman–Crippen LogP) is 3.41. The fourth-order valence-corrected chi connectivity index (χ4v) is 5.77. The molecule has 6 nitrogen and oxygen atoms in total. The average Bonchev–Trinajstić information content (AvgIpc) is 3.39. The molecule has 0 amide bonds. The number of hydrogen-bond acceptors (Lipinski definition) is 5. The van der Waals surface area contributed by atoms with Crippen LogP contribution in [0.3, 0.4) is 0 Å². The molecule has 1 aromatic heterocycles. The van der Waals surface area contributed by atoms with E-state index in [2.05, 4.69) is 21.6 Å². The van der Waals surface area contributed by atoms with E-state index in [1.165, 1.54) is 0 Å². The number of aryl methyl sites for hydroxylation is 1. The second-order valence-electron chi connectivity index (χ2n) is 9.62. The topological polar surface area (TPSA) is 78.5 Å². The molecule has 0 saturated carbocycles. The first-order valence-electron chi connectivity index (χ1n) is 11.8. The monoisotopic (exact) mass is 433 g/mol. The molecule has 32 heavy (non-hydrogen) atoms. The third-order valence-electron chi connectivity index (χ3n) is 7.61. The summed E-state index contributed by atoms with van der Waals surface area (Å²) in [4.78, 5) is 15.6. The Balaban J connectivity index is 1.40. The number of benzene rings is 1. The average molecular weight is 434 g/mol. The lowest BCUT2D eigenvalue weighted by Gasteiger charge is -2.25. The molecule has 2 aromatic rings. The Morgan fingerprint density at radius 3 is 2.62 bits per heavy atom. The molecule has 2 bridgehead atoms. The highest BCUT2D eigenvalue weighted by Gasteiger charge is 2.46. The number of carbonyl (C=O) groups is 1. The number of rotatable bonds is 8. The Labute approximate surface area is 189 Å². The van der Waals surface area contributed by atoms with E-state index in [4.69, 9.17) is 10.00 Å². The van der Waals surface area contributed by atoms with E-state index in [0.717, 1.165) is 74.4 Å². The van der Waals surface area contributed by atoms with Crippen LogP contribution in [0.4, 0.5) is 0 Å². The first-order chi connectivity index (χ1) is 15.5. The Hall–Kier alpha value is -2.46. The number of fused-ring (bicyclic) bond motifs is 2. The standard InChI is InChI=1S/C26H31N3O3/c1-17-23(26(31)14-28-21-9-10-24(28)25(30)12-21)11-22(4-2-3-19-15-32-16-19)29(17)20-7-5-18(13-27)6-8-20/h5-8,11,19,21,24-25,30H,2-4,9-10,12,14-16H2,1H3/t21-,24+,25+/m0/s1. The lowest BCUT2D eigenvalue weighted by atomic mass is 9.98. The van der Waals surface area contributed by atoms with Crippen LogP contribution in [0.25, 0.3) is 5.69 Å². The number of aliphatic hydroxyl groups is 1. The van der Waals surface area contributed by atoms with E-state index in [-0.39, 0.29) is 17.9 Å². The van der Waals surface area contributed by atoms with Gasteiger partial charge in [-0.05, 0) is 75.8 Å². The van der Waals surface area contributed by atoms with Gasteiger partial charge in [-0.3, -0.25) is 9.69 Å². The van der Waals surface area contributed by atoms with Crippen LogP contribution in [-0.4, -0.2) is 58.3 Å². The molecule has 5 rings (SSSR count). The van der Waals surface area contributed by atoms with E-state index >= 15 is 0 Å². The highest BCUT2D eigenvalue weighted by atomic mass is 16.5. The number of aromatic nitrogens is 1. The van der Waals surface area contributed by atoms with Gasteiger partial charge in [0.2, 0.25) is 0 Å². The summed E-state index contributed by atoms with van der Waals surface area (Å²) < 4.78 is 7.48. The molecule has 3 aliphatic heterocycles. The first kappa shape index (κ1) is 21.4. The smallest absolute Gasteiger partial charge is 0.178 e. The highest BCUT2D eigenvalue weighted by Crippen LogP contribution is 2.38. The molecule has 3 saturated heterocycles. The van der Waals surface area contributed by atoms with E-state index in [1.807, 2.05) is 31.2 Å². The Bertz CT molecular complexity index is 1030. The number of aliphatic hydroxyl groups excluding tert-OH is 1. The van der Waals surface area contributed by atoms with Gasteiger partial charge in [0.05, 0.1) is 37.5 Å². The third kappa shape index (κ3) is 3.90. The molecule has 0 spiro atoms. The number of nitriles is 1. The van der Waals surface area contributed by atoms with Gasteiger partial charge in [0.25, 0.3) is 0 Å². The fourth-order valence-electron chi connectivity index (χ4n) is 5.77. The molecular weight excluding hydrogens is 402 g/mol. The summed E-state index contributed by atoms with van der Waals surface area (Å²) in [5, 5.41) is 19.4. The second kappa shape index (κ2) is 8.82. The highest BCUT2D eigenvalue weighted by molar-refractivity contribution is 5.99. The number of ketones is 1. The first-order valence-corrected chi connectivity index (χ1v) is 11.8. The SMILES string of the molecule is Cc1c(C(=O)CN2[C@H]3CC[C@@H]2[C@H](O)C3)cc(CCCC2COC2)n1-c1ccc(C#N)cc1. The normalized spacial score (nSPS) is 25.1. The van der Waals surface area contributed by atoms with Gasteiger partial charge in [0.1, 0.15) is 0 Å². The van der Waals surface area contributed by atoms with Gasteiger partial charge in [-0.25, -0.2) is 0 Å². The van der Waals surface area contributed by atoms with Crippen LogP contribution in [0.2, 0.25) is 0 Å². The minimum Gasteiger partial charge on any atom is -0.391 e. The van der Waals surface area contributed by atoms with Crippen molar-refractivity contribution >= 4 is 5.78 Å². The van der Waals surface area contributed by atoms with Crippen molar-refractivity contribution < 1.29 is 14.6 Å². The van der Waals surface area contributed by atoms with Crippen molar-refractivity contribution in [3.63, 3.8) is 0 Å². The maximum atomic E-state index is 13.4. The van der Waals surface area contributed by atoms with E-state index in [0.29, 0.717) is 24.1 Å².